The molecular weight excluding hydrogens is 656 g/mol. The summed E-state index contributed by atoms with van der Waals surface area (Å²) in [4.78, 5) is 35.2. The van der Waals surface area contributed by atoms with Crippen LogP contribution in [0, 0.1) is 5.41 Å². The minimum atomic E-state index is -1.38. The highest BCUT2D eigenvalue weighted by atomic mass is 16.6. The second-order valence-electron chi connectivity index (χ2n) is 11.6. The molecule has 1 fully saturated rings. The molecular formula is C39H32N2O10. The SMILES string of the molecule is COc1cc2nccc(Oc3ccc(OC(=O)C4(C(=O)Oc5ccc(Oc6ccnc7cc(OC)c(OC)cc67)cc5)CC4)cc3)c2cc1OC. The molecule has 4 aromatic carbocycles. The van der Waals surface area contributed by atoms with Gasteiger partial charge in [0.25, 0.3) is 0 Å². The van der Waals surface area contributed by atoms with Crippen LogP contribution in [0.4, 0.5) is 0 Å². The van der Waals surface area contributed by atoms with Crippen LogP contribution in [0.5, 0.6) is 57.5 Å². The van der Waals surface area contributed by atoms with Gasteiger partial charge in [0.2, 0.25) is 0 Å². The molecule has 0 bridgehead atoms. The van der Waals surface area contributed by atoms with Crippen LogP contribution in [0.25, 0.3) is 21.8 Å². The molecule has 12 nitrogen and oxygen atoms in total. The first-order valence-electron chi connectivity index (χ1n) is 15.9. The molecule has 0 atom stereocenters. The predicted molar refractivity (Wildman–Crippen MR) is 186 cm³/mol. The topological polar surface area (TPSA) is 134 Å². The second kappa shape index (κ2) is 13.7. The van der Waals surface area contributed by atoms with E-state index in [2.05, 4.69) is 9.97 Å². The smallest absolute Gasteiger partial charge is 0.328 e. The van der Waals surface area contributed by atoms with Crippen molar-refractivity contribution in [1.82, 2.24) is 9.97 Å². The molecule has 0 aliphatic heterocycles. The lowest BCUT2D eigenvalue weighted by atomic mass is 10.1. The maximum atomic E-state index is 13.2. The van der Waals surface area contributed by atoms with Gasteiger partial charge in [-0.25, -0.2) is 0 Å². The number of nitrogens with zero attached hydrogens (tertiary/aromatic N) is 2. The normalized spacial score (nSPS) is 12.9. The lowest BCUT2D eigenvalue weighted by molar-refractivity contribution is -0.153. The van der Waals surface area contributed by atoms with Gasteiger partial charge in [-0.05, 0) is 85.6 Å². The number of methoxy groups -OCH3 is 4. The Hall–Kier alpha value is -6.56. The van der Waals surface area contributed by atoms with Crippen molar-refractivity contribution in [3.8, 4) is 57.5 Å². The van der Waals surface area contributed by atoms with Crippen LogP contribution in [0.1, 0.15) is 12.8 Å². The summed E-state index contributed by atoms with van der Waals surface area (Å²) >= 11 is 0. The largest absolute Gasteiger partial charge is 0.493 e. The molecule has 12 heteroatoms. The van der Waals surface area contributed by atoms with Gasteiger partial charge >= 0.3 is 11.9 Å². The number of hydrogen-bond acceptors (Lipinski definition) is 12. The molecule has 0 saturated heterocycles. The molecule has 0 radical (unpaired) electrons. The maximum absolute atomic E-state index is 13.2. The summed E-state index contributed by atoms with van der Waals surface area (Å²) in [6.07, 6.45) is 3.91. The first kappa shape index (κ1) is 33.0. The van der Waals surface area contributed by atoms with Crippen LogP contribution in [0.15, 0.2) is 97.3 Å². The Balaban J connectivity index is 0.981. The van der Waals surface area contributed by atoms with Crippen molar-refractivity contribution in [2.75, 3.05) is 28.4 Å². The Morgan fingerprint density at radius 1 is 0.490 bits per heavy atom. The Morgan fingerprint density at radius 3 is 1.20 bits per heavy atom. The highest BCUT2D eigenvalue weighted by molar-refractivity contribution is 6.04. The number of esters is 2. The molecule has 258 valence electrons. The molecule has 0 spiro atoms. The van der Waals surface area contributed by atoms with Crippen LogP contribution in [-0.4, -0.2) is 50.3 Å². The summed E-state index contributed by atoms with van der Waals surface area (Å²) < 4.78 is 45.1. The van der Waals surface area contributed by atoms with E-state index >= 15 is 0 Å². The zero-order chi connectivity index (χ0) is 35.5. The average Bonchev–Trinajstić information content (AvgIpc) is 3.98. The van der Waals surface area contributed by atoms with Crippen molar-refractivity contribution in [1.29, 1.82) is 0 Å². The van der Waals surface area contributed by atoms with Crippen LogP contribution >= 0.6 is 0 Å². The number of aromatic nitrogens is 2. The lowest BCUT2D eigenvalue weighted by Gasteiger charge is -2.15. The number of ether oxygens (including phenoxy) is 8. The molecule has 0 N–H and O–H groups in total. The zero-order valence-corrected chi connectivity index (χ0v) is 28.1. The summed E-state index contributed by atoms with van der Waals surface area (Å²) in [5.74, 6) is 3.47. The Labute approximate surface area is 292 Å². The molecule has 0 amide bonds. The Bertz CT molecular complexity index is 2090. The third kappa shape index (κ3) is 6.58. The van der Waals surface area contributed by atoms with E-state index in [9.17, 15) is 9.59 Å². The molecule has 51 heavy (non-hydrogen) atoms. The fraction of sp³-hybridized carbons (Fsp3) is 0.179. The Kier molecular flexibility index (Phi) is 8.89. The number of hydrogen-bond donors (Lipinski definition) is 0. The lowest BCUT2D eigenvalue weighted by Crippen LogP contribution is -2.33. The van der Waals surface area contributed by atoms with Crippen molar-refractivity contribution in [2.45, 2.75) is 12.8 Å². The molecule has 2 heterocycles. The van der Waals surface area contributed by atoms with Gasteiger partial charge < -0.3 is 37.9 Å². The average molecular weight is 689 g/mol. The summed E-state index contributed by atoms with van der Waals surface area (Å²) in [6, 6.07) is 23.7. The molecule has 1 saturated carbocycles. The minimum Gasteiger partial charge on any atom is -0.493 e. The van der Waals surface area contributed by atoms with Crippen molar-refractivity contribution in [2.24, 2.45) is 5.41 Å². The number of carbonyl (C=O) groups is 2. The van der Waals surface area contributed by atoms with Crippen LogP contribution < -0.4 is 37.9 Å². The first-order chi connectivity index (χ1) is 24.8. The summed E-state index contributed by atoms with van der Waals surface area (Å²) in [7, 11) is 6.24. The standard InChI is InChI=1S/C39H32N2O10/c1-44-33-19-27-29(21-35(33)46-3)40-17-13-31(27)48-23-5-9-25(10-6-23)50-37(42)39(15-16-39)38(43)51-26-11-7-24(8-12-26)49-32-14-18-41-30-22-36(47-4)34(45-2)20-28(30)32/h5-14,17-22H,15-16H2,1-4H3. The van der Waals surface area contributed by atoms with Crippen molar-refractivity contribution < 1.29 is 47.5 Å². The van der Waals surface area contributed by atoms with Gasteiger partial charge in [-0.15, -0.1) is 0 Å². The molecule has 1 aliphatic rings. The van der Waals surface area contributed by atoms with Crippen molar-refractivity contribution >= 4 is 33.7 Å². The molecule has 6 aromatic rings. The monoisotopic (exact) mass is 688 g/mol. The fourth-order valence-corrected chi connectivity index (χ4v) is 5.50. The molecule has 2 aromatic heterocycles. The van der Waals surface area contributed by atoms with Crippen molar-refractivity contribution in [3.63, 3.8) is 0 Å². The van der Waals surface area contributed by atoms with Crippen LogP contribution in [0.2, 0.25) is 0 Å². The summed E-state index contributed by atoms with van der Waals surface area (Å²) in [6.45, 7) is 0. The minimum absolute atomic E-state index is 0.263. The highest BCUT2D eigenvalue weighted by Crippen LogP contribution is 2.48. The van der Waals surface area contributed by atoms with E-state index in [-0.39, 0.29) is 11.5 Å². The predicted octanol–water partition coefficient (Wildman–Crippen LogP) is 7.69. The van der Waals surface area contributed by atoms with Crippen molar-refractivity contribution in [3.05, 3.63) is 97.3 Å². The van der Waals surface area contributed by atoms with E-state index in [0.717, 1.165) is 10.8 Å². The van der Waals surface area contributed by atoms with E-state index in [4.69, 9.17) is 37.9 Å². The number of pyridine rings is 2. The van der Waals surface area contributed by atoms with Gasteiger partial charge in [-0.3, -0.25) is 19.6 Å². The van der Waals surface area contributed by atoms with Gasteiger partial charge in [-0.2, -0.15) is 0 Å². The number of carbonyl (C=O) groups excluding carboxylic acids is 2. The van der Waals surface area contributed by atoms with E-state index in [1.165, 1.54) is 0 Å². The Morgan fingerprint density at radius 2 is 0.843 bits per heavy atom. The molecule has 7 rings (SSSR count). The maximum Gasteiger partial charge on any atom is 0.328 e. The molecule has 0 unspecified atom stereocenters. The first-order valence-corrected chi connectivity index (χ1v) is 15.9. The fourth-order valence-electron chi connectivity index (χ4n) is 5.50. The van der Waals surface area contributed by atoms with Gasteiger partial charge in [0.15, 0.2) is 28.4 Å². The van der Waals surface area contributed by atoms with Gasteiger partial charge in [-0.1, -0.05) is 0 Å². The number of fused-ring (bicyclic) bond motifs is 2. The number of benzene rings is 4. The molecule has 1 aliphatic carbocycles. The van der Waals surface area contributed by atoms with E-state index in [1.807, 2.05) is 0 Å². The van der Waals surface area contributed by atoms with Gasteiger partial charge in [0.05, 0.1) is 39.5 Å². The zero-order valence-electron chi connectivity index (χ0n) is 28.1. The van der Waals surface area contributed by atoms with Gasteiger partial charge in [0.1, 0.15) is 34.5 Å². The van der Waals surface area contributed by atoms with Crippen LogP contribution in [0.3, 0.4) is 0 Å². The summed E-state index contributed by atoms with van der Waals surface area (Å²) in [5, 5.41) is 1.46. The summed E-state index contributed by atoms with van der Waals surface area (Å²) in [5.41, 5.74) is -0.0390. The van der Waals surface area contributed by atoms with E-state index in [0.29, 0.717) is 69.9 Å². The quantitative estimate of drug-likeness (QED) is 0.0709. The third-order valence-corrected chi connectivity index (χ3v) is 8.47. The van der Waals surface area contributed by atoms with Crippen LogP contribution in [-0.2, 0) is 9.59 Å². The van der Waals surface area contributed by atoms with E-state index in [1.54, 1.807) is 126 Å². The third-order valence-electron chi connectivity index (χ3n) is 8.47. The van der Waals surface area contributed by atoms with Gasteiger partial charge in [0, 0.05) is 35.3 Å². The highest BCUT2D eigenvalue weighted by Gasteiger charge is 2.60. The van der Waals surface area contributed by atoms with E-state index < -0.39 is 17.4 Å². The second-order valence-corrected chi connectivity index (χ2v) is 11.6. The number of rotatable bonds is 12.